The van der Waals surface area contributed by atoms with Crippen LogP contribution in [0, 0.1) is 19.7 Å². The molecule has 118 valence electrons. The van der Waals surface area contributed by atoms with E-state index < -0.39 is 5.97 Å². The van der Waals surface area contributed by atoms with Crippen LogP contribution in [0.25, 0.3) is 16.9 Å². The zero-order valence-electron chi connectivity index (χ0n) is 13.0. The molecule has 0 radical (unpaired) electrons. The van der Waals surface area contributed by atoms with Gasteiger partial charge in [-0.05, 0) is 55.3 Å². The molecule has 1 N–H and O–H groups in total. The Balaban J connectivity index is 2.18. The second-order valence-electron chi connectivity index (χ2n) is 5.70. The first-order valence-electron chi connectivity index (χ1n) is 7.41. The zero-order chi connectivity index (χ0) is 16.6. The van der Waals surface area contributed by atoms with Gasteiger partial charge in [0.05, 0.1) is 17.8 Å². The number of aryl methyl sites for hydroxylation is 3. The van der Waals surface area contributed by atoms with Gasteiger partial charge in [0.15, 0.2) is 0 Å². The van der Waals surface area contributed by atoms with Crippen LogP contribution in [0.2, 0.25) is 0 Å². The average molecular weight is 312 g/mol. The first-order chi connectivity index (χ1) is 11.0. The summed E-state index contributed by atoms with van der Waals surface area (Å²) >= 11 is 0. The predicted molar refractivity (Wildman–Crippen MR) is 86.0 cm³/mol. The van der Waals surface area contributed by atoms with Crippen molar-refractivity contribution in [1.82, 2.24) is 9.38 Å². The van der Waals surface area contributed by atoms with Crippen molar-refractivity contribution in [3.63, 3.8) is 0 Å². The average Bonchev–Trinajstić information content (AvgIpc) is 2.85. The minimum absolute atomic E-state index is 0.0227. The number of carbonyl (C=O) groups is 1. The molecule has 1 aromatic carbocycles. The highest BCUT2D eigenvalue weighted by atomic mass is 19.1. The van der Waals surface area contributed by atoms with Gasteiger partial charge in [0.1, 0.15) is 11.5 Å². The lowest BCUT2D eigenvalue weighted by molar-refractivity contribution is -0.136. The Kier molecular flexibility index (Phi) is 3.86. The number of nitrogens with zero attached hydrogens (tertiary/aromatic N) is 2. The van der Waals surface area contributed by atoms with Crippen molar-refractivity contribution in [1.29, 1.82) is 0 Å². The van der Waals surface area contributed by atoms with Crippen LogP contribution in [0.5, 0.6) is 0 Å². The first kappa shape index (κ1) is 15.2. The molecule has 0 bridgehead atoms. The Morgan fingerprint density at radius 3 is 2.74 bits per heavy atom. The van der Waals surface area contributed by atoms with Crippen LogP contribution in [0.15, 0.2) is 36.5 Å². The second kappa shape index (κ2) is 5.83. The molecule has 0 unspecified atom stereocenters. The summed E-state index contributed by atoms with van der Waals surface area (Å²) in [5.74, 6) is -1.12. The van der Waals surface area contributed by atoms with E-state index in [2.05, 4.69) is 4.98 Å². The minimum Gasteiger partial charge on any atom is -0.481 e. The maximum atomic E-state index is 13.5. The molecule has 0 saturated carbocycles. The summed E-state index contributed by atoms with van der Waals surface area (Å²) in [4.78, 5) is 15.6. The molecule has 5 heteroatoms. The number of benzene rings is 1. The van der Waals surface area contributed by atoms with E-state index in [1.54, 1.807) is 19.1 Å². The van der Waals surface area contributed by atoms with E-state index in [-0.39, 0.29) is 12.2 Å². The van der Waals surface area contributed by atoms with Gasteiger partial charge in [-0.3, -0.25) is 4.79 Å². The number of rotatable bonds is 4. The number of halogens is 1. The fourth-order valence-electron chi connectivity index (χ4n) is 2.68. The van der Waals surface area contributed by atoms with Crippen LogP contribution in [0.4, 0.5) is 4.39 Å². The Morgan fingerprint density at radius 2 is 2.04 bits per heavy atom. The van der Waals surface area contributed by atoms with Gasteiger partial charge in [-0.15, -0.1) is 0 Å². The van der Waals surface area contributed by atoms with Crippen LogP contribution < -0.4 is 0 Å². The van der Waals surface area contributed by atoms with Crippen molar-refractivity contribution in [3.8, 4) is 11.3 Å². The maximum Gasteiger partial charge on any atom is 0.303 e. The minimum atomic E-state index is -0.853. The number of aliphatic carboxylic acids is 1. The van der Waals surface area contributed by atoms with Gasteiger partial charge in [0.25, 0.3) is 0 Å². The zero-order valence-corrected chi connectivity index (χ0v) is 13.0. The van der Waals surface area contributed by atoms with E-state index in [1.807, 2.05) is 29.7 Å². The van der Waals surface area contributed by atoms with Gasteiger partial charge in [0, 0.05) is 18.2 Å². The van der Waals surface area contributed by atoms with Gasteiger partial charge in [-0.1, -0.05) is 0 Å². The number of hydrogen-bond acceptors (Lipinski definition) is 2. The van der Waals surface area contributed by atoms with Crippen LogP contribution in [-0.4, -0.2) is 20.5 Å². The second-order valence-corrected chi connectivity index (χ2v) is 5.70. The third kappa shape index (κ3) is 2.95. The molecule has 2 aromatic heterocycles. The summed E-state index contributed by atoms with van der Waals surface area (Å²) in [6, 6.07) is 8.75. The Labute approximate surface area is 133 Å². The largest absolute Gasteiger partial charge is 0.481 e. The highest BCUT2D eigenvalue weighted by Gasteiger charge is 2.16. The van der Waals surface area contributed by atoms with E-state index in [0.29, 0.717) is 17.7 Å². The number of pyridine rings is 1. The highest BCUT2D eigenvalue weighted by molar-refractivity contribution is 5.70. The molecule has 0 fully saturated rings. The predicted octanol–water partition coefficient (Wildman–Crippen LogP) is 3.77. The molecule has 0 saturated heterocycles. The van der Waals surface area contributed by atoms with Crippen molar-refractivity contribution in [2.24, 2.45) is 0 Å². The van der Waals surface area contributed by atoms with Crippen molar-refractivity contribution < 1.29 is 14.3 Å². The van der Waals surface area contributed by atoms with Crippen LogP contribution in [-0.2, 0) is 11.2 Å². The van der Waals surface area contributed by atoms with Crippen molar-refractivity contribution in [2.45, 2.75) is 26.7 Å². The van der Waals surface area contributed by atoms with Crippen LogP contribution in [0.1, 0.15) is 23.2 Å². The normalized spacial score (nSPS) is 11.1. The molecule has 2 heterocycles. The molecular weight excluding hydrogens is 295 g/mol. The number of hydrogen-bond donors (Lipinski definition) is 1. The Morgan fingerprint density at radius 1 is 1.26 bits per heavy atom. The highest BCUT2D eigenvalue weighted by Crippen LogP contribution is 2.27. The van der Waals surface area contributed by atoms with Gasteiger partial charge in [-0.25, -0.2) is 9.37 Å². The maximum absolute atomic E-state index is 13.5. The van der Waals surface area contributed by atoms with E-state index in [1.165, 1.54) is 6.07 Å². The van der Waals surface area contributed by atoms with E-state index in [0.717, 1.165) is 22.5 Å². The summed E-state index contributed by atoms with van der Waals surface area (Å²) in [7, 11) is 0. The summed E-state index contributed by atoms with van der Waals surface area (Å²) < 4.78 is 15.4. The van der Waals surface area contributed by atoms with Gasteiger partial charge in [0.2, 0.25) is 0 Å². The summed E-state index contributed by atoms with van der Waals surface area (Å²) in [5, 5.41) is 8.99. The summed E-state index contributed by atoms with van der Waals surface area (Å²) in [6.07, 6.45) is 2.29. The van der Waals surface area contributed by atoms with Crippen LogP contribution >= 0.6 is 0 Å². The quantitative estimate of drug-likeness (QED) is 0.798. The molecule has 0 aliphatic carbocycles. The topological polar surface area (TPSA) is 54.6 Å². The Bertz CT molecular complexity index is 899. The number of carboxylic acids is 1. The third-order valence-corrected chi connectivity index (χ3v) is 3.89. The van der Waals surface area contributed by atoms with Gasteiger partial charge >= 0.3 is 5.97 Å². The van der Waals surface area contributed by atoms with E-state index in [9.17, 15) is 9.18 Å². The first-order valence-corrected chi connectivity index (χ1v) is 7.41. The van der Waals surface area contributed by atoms with Gasteiger partial charge < -0.3 is 9.51 Å². The lowest BCUT2D eigenvalue weighted by Gasteiger charge is -2.05. The smallest absolute Gasteiger partial charge is 0.303 e. The molecular formula is C18H17FN2O2. The molecule has 0 amide bonds. The van der Waals surface area contributed by atoms with Gasteiger partial charge in [-0.2, -0.15) is 0 Å². The monoisotopic (exact) mass is 312 g/mol. The molecule has 4 nitrogen and oxygen atoms in total. The SMILES string of the molecule is Cc1ccn2c(CCC(=O)O)c(-c3ccc(F)c(C)c3)nc2c1. The van der Waals surface area contributed by atoms with E-state index >= 15 is 0 Å². The number of aromatic nitrogens is 2. The molecule has 3 rings (SSSR count). The van der Waals surface area contributed by atoms with Crippen molar-refractivity contribution in [2.75, 3.05) is 0 Å². The molecule has 0 spiro atoms. The Hall–Kier alpha value is -2.69. The molecule has 23 heavy (non-hydrogen) atoms. The summed E-state index contributed by atoms with van der Waals surface area (Å²) in [5.41, 5.74) is 4.72. The number of imidazole rings is 1. The van der Waals surface area contributed by atoms with Crippen molar-refractivity contribution in [3.05, 3.63) is 59.2 Å². The van der Waals surface area contributed by atoms with Crippen molar-refractivity contribution >= 4 is 11.6 Å². The van der Waals surface area contributed by atoms with Crippen LogP contribution in [0.3, 0.4) is 0 Å². The standard InChI is InChI=1S/C18H17FN2O2/c1-11-7-8-21-15(5-6-17(22)23)18(20-16(21)9-11)13-3-4-14(19)12(2)10-13/h3-4,7-10H,5-6H2,1-2H3,(H,22,23). The number of carboxylic acid groups (broad SMARTS) is 1. The third-order valence-electron chi connectivity index (χ3n) is 3.89. The fourth-order valence-corrected chi connectivity index (χ4v) is 2.68. The molecule has 0 aliphatic heterocycles. The fraction of sp³-hybridized carbons (Fsp3) is 0.222. The lowest BCUT2D eigenvalue weighted by Crippen LogP contribution is -2.01. The lowest BCUT2D eigenvalue weighted by atomic mass is 10.0. The molecule has 0 aliphatic rings. The molecule has 0 atom stereocenters. The number of fused-ring (bicyclic) bond motifs is 1. The summed E-state index contributed by atoms with van der Waals surface area (Å²) in [6.45, 7) is 3.68. The van der Waals surface area contributed by atoms with E-state index in [4.69, 9.17) is 5.11 Å². The molecule has 3 aromatic rings.